The van der Waals surface area contributed by atoms with Crippen LogP contribution in [0.4, 0.5) is 0 Å². The first-order valence-corrected chi connectivity index (χ1v) is 12.0. The van der Waals surface area contributed by atoms with Gasteiger partial charge in [0, 0.05) is 13.1 Å². The van der Waals surface area contributed by atoms with Crippen LogP contribution in [0.15, 0.2) is 30.3 Å². The molecule has 0 aliphatic carbocycles. The number of rotatable bonds is 5. The van der Waals surface area contributed by atoms with Crippen molar-refractivity contribution in [1.29, 1.82) is 0 Å². The fourth-order valence-corrected chi connectivity index (χ4v) is 3.81. The Hall–Kier alpha value is -0.683. The molecule has 1 unspecified atom stereocenters. The van der Waals surface area contributed by atoms with Gasteiger partial charge in [0.25, 0.3) is 0 Å². The molecule has 0 saturated carbocycles. The number of benzene rings is 1. The van der Waals surface area contributed by atoms with Crippen LogP contribution in [0, 0.1) is 0 Å². The van der Waals surface area contributed by atoms with Gasteiger partial charge in [-0.15, -0.1) is 0 Å². The average molecular weight is 350 g/mol. The lowest BCUT2D eigenvalue weighted by Gasteiger charge is -2.45. The van der Waals surface area contributed by atoms with E-state index >= 15 is 0 Å². The first kappa shape index (κ1) is 19.6. The lowest BCUT2D eigenvalue weighted by atomic mass is 10.0. The van der Waals surface area contributed by atoms with Gasteiger partial charge in [-0.2, -0.15) is 0 Å². The van der Waals surface area contributed by atoms with Crippen molar-refractivity contribution in [2.45, 2.75) is 70.9 Å². The first-order chi connectivity index (χ1) is 11.0. The molecular formula is C20H35NO2Si. The fraction of sp³-hybridized carbons (Fsp3) is 0.700. The molecule has 3 nitrogen and oxygen atoms in total. The van der Waals surface area contributed by atoms with Gasteiger partial charge in [-0.25, -0.2) is 0 Å². The summed E-state index contributed by atoms with van der Waals surface area (Å²) in [5.41, 5.74) is 1.26. The highest BCUT2D eigenvalue weighted by atomic mass is 28.4. The third kappa shape index (κ3) is 5.15. The Morgan fingerprint density at radius 3 is 2.42 bits per heavy atom. The summed E-state index contributed by atoms with van der Waals surface area (Å²) in [5.74, 6) is 0. The molecule has 0 N–H and O–H groups in total. The van der Waals surface area contributed by atoms with Crippen molar-refractivity contribution in [2.75, 3.05) is 19.8 Å². The summed E-state index contributed by atoms with van der Waals surface area (Å²) in [6.07, 6.45) is 0. The molecule has 1 heterocycles. The molecule has 0 spiro atoms. The number of morpholine rings is 1. The maximum atomic E-state index is 6.49. The molecule has 1 aromatic rings. The first-order valence-electron chi connectivity index (χ1n) is 9.06. The summed E-state index contributed by atoms with van der Waals surface area (Å²) >= 11 is 0. The number of hydrogen-bond donors (Lipinski definition) is 0. The van der Waals surface area contributed by atoms with Gasteiger partial charge in [-0.3, -0.25) is 4.90 Å². The highest BCUT2D eigenvalue weighted by Gasteiger charge is 2.40. The minimum atomic E-state index is -1.73. The largest absolute Gasteiger partial charge is 0.415 e. The van der Waals surface area contributed by atoms with E-state index in [-0.39, 0.29) is 10.6 Å². The normalized spacial score (nSPS) is 22.5. The summed E-state index contributed by atoms with van der Waals surface area (Å²) in [4.78, 5) is 2.53. The van der Waals surface area contributed by atoms with Gasteiger partial charge in [-0.05, 0) is 37.5 Å². The van der Waals surface area contributed by atoms with Gasteiger partial charge in [-0.1, -0.05) is 51.1 Å². The maximum absolute atomic E-state index is 6.49. The SMILES string of the molecule is CC1(C)CN(Cc2ccccc2)C(CO[Si](C)(C)C(C)(C)C)CO1. The maximum Gasteiger partial charge on any atom is 0.192 e. The van der Waals surface area contributed by atoms with Crippen LogP contribution in [0.25, 0.3) is 0 Å². The van der Waals surface area contributed by atoms with Crippen molar-refractivity contribution >= 4 is 8.32 Å². The Morgan fingerprint density at radius 2 is 1.83 bits per heavy atom. The molecule has 1 atom stereocenters. The molecular weight excluding hydrogens is 314 g/mol. The number of hydrogen-bond acceptors (Lipinski definition) is 3. The van der Waals surface area contributed by atoms with Crippen LogP contribution >= 0.6 is 0 Å². The van der Waals surface area contributed by atoms with E-state index in [0.717, 1.165) is 26.3 Å². The Balaban J connectivity index is 2.05. The van der Waals surface area contributed by atoms with Crippen molar-refractivity contribution in [2.24, 2.45) is 0 Å². The van der Waals surface area contributed by atoms with Gasteiger partial charge in [0.1, 0.15) is 0 Å². The van der Waals surface area contributed by atoms with E-state index < -0.39 is 8.32 Å². The molecule has 0 aromatic heterocycles. The monoisotopic (exact) mass is 349 g/mol. The van der Waals surface area contributed by atoms with Crippen LogP contribution in [-0.2, 0) is 15.7 Å². The van der Waals surface area contributed by atoms with Gasteiger partial charge in [0.15, 0.2) is 8.32 Å². The van der Waals surface area contributed by atoms with Crippen molar-refractivity contribution < 1.29 is 9.16 Å². The van der Waals surface area contributed by atoms with Crippen LogP contribution in [0.2, 0.25) is 18.1 Å². The van der Waals surface area contributed by atoms with E-state index in [0.29, 0.717) is 6.04 Å². The molecule has 1 aliphatic heterocycles. The molecule has 4 heteroatoms. The van der Waals surface area contributed by atoms with Crippen molar-refractivity contribution in [1.82, 2.24) is 4.90 Å². The summed E-state index contributed by atoms with van der Waals surface area (Å²) in [5, 5.41) is 0.242. The van der Waals surface area contributed by atoms with E-state index in [1.807, 2.05) is 0 Å². The second-order valence-corrected chi connectivity index (χ2v) is 14.0. The minimum Gasteiger partial charge on any atom is -0.415 e. The number of ether oxygens (including phenoxy) is 1. The summed E-state index contributed by atoms with van der Waals surface area (Å²) in [6, 6.07) is 11.0. The standard InChI is InChI=1S/C20H35NO2Si/c1-19(2,3)24(6,7)23-15-18-14-22-20(4,5)16-21(18)13-17-11-9-8-10-12-17/h8-12,18H,13-16H2,1-7H3. The lowest BCUT2D eigenvalue weighted by molar-refractivity contribution is -0.125. The van der Waals surface area contributed by atoms with Gasteiger partial charge >= 0.3 is 0 Å². The van der Waals surface area contributed by atoms with Crippen LogP contribution in [0.1, 0.15) is 40.2 Å². The third-order valence-electron chi connectivity index (χ3n) is 5.44. The average Bonchev–Trinajstić information content (AvgIpc) is 2.45. The molecule has 1 aromatic carbocycles. The second kappa shape index (κ2) is 7.28. The summed E-state index contributed by atoms with van der Waals surface area (Å²) in [7, 11) is -1.73. The predicted octanol–water partition coefficient (Wildman–Crippen LogP) is 4.69. The Kier molecular flexibility index (Phi) is 5.96. The summed E-state index contributed by atoms with van der Waals surface area (Å²) in [6.45, 7) is 19.3. The zero-order valence-electron chi connectivity index (χ0n) is 16.6. The second-order valence-electron chi connectivity index (χ2n) is 9.19. The van der Waals surface area contributed by atoms with E-state index in [1.54, 1.807) is 0 Å². The van der Waals surface area contributed by atoms with Crippen LogP contribution in [-0.4, -0.2) is 44.6 Å². The molecule has 0 radical (unpaired) electrons. The minimum absolute atomic E-state index is 0.0950. The fourth-order valence-electron chi connectivity index (χ4n) is 2.77. The zero-order chi connectivity index (χ0) is 18.0. The highest BCUT2D eigenvalue weighted by molar-refractivity contribution is 6.74. The zero-order valence-corrected chi connectivity index (χ0v) is 17.6. The molecule has 1 aliphatic rings. The van der Waals surface area contributed by atoms with Gasteiger partial charge in [0.2, 0.25) is 0 Å². The Bertz CT molecular complexity index is 522. The molecule has 0 amide bonds. The smallest absolute Gasteiger partial charge is 0.192 e. The van der Waals surface area contributed by atoms with Crippen molar-refractivity contribution in [3.05, 3.63) is 35.9 Å². The van der Waals surface area contributed by atoms with E-state index in [9.17, 15) is 0 Å². The van der Waals surface area contributed by atoms with E-state index in [1.165, 1.54) is 5.56 Å². The van der Waals surface area contributed by atoms with Gasteiger partial charge in [0.05, 0.1) is 24.9 Å². The van der Waals surface area contributed by atoms with Crippen LogP contribution < -0.4 is 0 Å². The predicted molar refractivity (Wildman–Crippen MR) is 104 cm³/mol. The highest BCUT2D eigenvalue weighted by Crippen LogP contribution is 2.37. The Morgan fingerprint density at radius 1 is 1.21 bits per heavy atom. The number of nitrogens with zero attached hydrogens (tertiary/aromatic N) is 1. The summed E-state index contributed by atoms with van der Waals surface area (Å²) < 4.78 is 12.6. The molecule has 2 rings (SSSR count). The molecule has 24 heavy (non-hydrogen) atoms. The lowest BCUT2D eigenvalue weighted by Crippen LogP contribution is -2.56. The third-order valence-corrected chi connectivity index (χ3v) is 9.94. The van der Waals surface area contributed by atoms with Crippen LogP contribution in [0.5, 0.6) is 0 Å². The molecule has 1 fully saturated rings. The van der Waals surface area contributed by atoms with E-state index in [2.05, 4.69) is 82.9 Å². The molecule has 1 saturated heterocycles. The Labute approximate surface area is 149 Å². The van der Waals surface area contributed by atoms with Crippen LogP contribution in [0.3, 0.4) is 0 Å². The van der Waals surface area contributed by atoms with Gasteiger partial charge < -0.3 is 9.16 Å². The molecule has 136 valence electrons. The van der Waals surface area contributed by atoms with Crippen molar-refractivity contribution in [3.63, 3.8) is 0 Å². The van der Waals surface area contributed by atoms with E-state index in [4.69, 9.17) is 9.16 Å². The van der Waals surface area contributed by atoms with Crippen molar-refractivity contribution in [3.8, 4) is 0 Å². The quantitative estimate of drug-likeness (QED) is 0.720. The molecule has 0 bridgehead atoms. The topological polar surface area (TPSA) is 21.7 Å².